The summed E-state index contributed by atoms with van der Waals surface area (Å²) in [5.41, 5.74) is 1.29. The smallest absolute Gasteiger partial charge is 0.287 e. The van der Waals surface area contributed by atoms with Gasteiger partial charge in [0.25, 0.3) is 5.91 Å². The summed E-state index contributed by atoms with van der Waals surface area (Å²) in [6, 6.07) is 18.1. The maximum atomic E-state index is 12.4. The number of carbonyl (C=O) groups excluding carboxylic acids is 1. The first-order chi connectivity index (χ1) is 12.1. The third kappa shape index (κ3) is 3.78. The zero-order valence-electron chi connectivity index (χ0n) is 14.2. The van der Waals surface area contributed by atoms with Gasteiger partial charge in [-0.1, -0.05) is 42.5 Å². The van der Waals surface area contributed by atoms with Crippen molar-refractivity contribution in [1.82, 2.24) is 10.2 Å². The number of nitrogens with zero attached hydrogens (tertiary/aromatic N) is 1. The van der Waals surface area contributed by atoms with Crippen molar-refractivity contribution in [3.05, 3.63) is 82.2 Å². The van der Waals surface area contributed by atoms with E-state index in [9.17, 15) is 9.59 Å². The number of hydrogen-bond acceptors (Lipinski definition) is 4. The van der Waals surface area contributed by atoms with Gasteiger partial charge in [0.1, 0.15) is 5.58 Å². The summed E-state index contributed by atoms with van der Waals surface area (Å²) in [4.78, 5) is 26.6. The number of nitrogens with one attached hydrogen (secondary N) is 1. The SMILES string of the molecule is CN(C)C(CNC(=O)c1cc(=O)c2ccccc2o1)c1ccccc1. The highest BCUT2D eigenvalue weighted by atomic mass is 16.3. The maximum absolute atomic E-state index is 12.4. The second-order valence-corrected chi connectivity index (χ2v) is 6.07. The molecule has 0 saturated heterocycles. The molecule has 1 aromatic heterocycles. The van der Waals surface area contributed by atoms with Crippen molar-refractivity contribution in [2.45, 2.75) is 6.04 Å². The zero-order valence-corrected chi connectivity index (χ0v) is 14.2. The molecule has 128 valence electrons. The lowest BCUT2D eigenvalue weighted by molar-refractivity contribution is 0.0914. The minimum Gasteiger partial charge on any atom is -0.451 e. The van der Waals surface area contributed by atoms with Crippen molar-refractivity contribution >= 4 is 16.9 Å². The molecule has 0 aliphatic rings. The number of para-hydroxylation sites is 1. The molecule has 0 aliphatic carbocycles. The summed E-state index contributed by atoms with van der Waals surface area (Å²) in [6.45, 7) is 0.409. The minimum atomic E-state index is -0.398. The van der Waals surface area contributed by atoms with E-state index < -0.39 is 5.91 Å². The lowest BCUT2D eigenvalue weighted by atomic mass is 10.1. The Morgan fingerprint density at radius 2 is 1.76 bits per heavy atom. The van der Waals surface area contributed by atoms with Crippen molar-refractivity contribution < 1.29 is 9.21 Å². The first kappa shape index (κ1) is 16.9. The number of hydrogen-bond donors (Lipinski definition) is 1. The van der Waals surface area contributed by atoms with E-state index in [2.05, 4.69) is 5.32 Å². The van der Waals surface area contributed by atoms with E-state index in [1.165, 1.54) is 6.07 Å². The molecule has 0 bridgehead atoms. The monoisotopic (exact) mass is 336 g/mol. The van der Waals surface area contributed by atoms with E-state index in [1.807, 2.05) is 49.3 Å². The topological polar surface area (TPSA) is 62.6 Å². The van der Waals surface area contributed by atoms with Crippen molar-refractivity contribution in [3.8, 4) is 0 Å². The summed E-state index contributed by atoms with van der Waals surface area (Å²) in [5.74, 6) is -0.375. The van der Waals surface area contributed by atoms with Crippen LogP contribution in [0.15, 0.2) is 69.9 Å². The van der Waals surface area contributed by atoms with Gasteiger partial charge in [-0.2, -0.15) is 0 Å². The second kappa shape index (κ2) is 7.32. The van der Waals surface area contributed by atoms with Crippen LogP contribution >= 0.6 is 0 Å². The van der Waals surface area contributed by atoms with Gasteiger partial charge in [-0.05, 0) is 31.8 Å². The van der Waals surface area contributed by atoms with Gasteiger partial charge in [0.15, 0.2) is 11.2 Å². The number of fused-ring (bicyclic) bond motifs is 1. The largest absolute Gasteiger partial charge is 0.451 e. The van der Waals surface area contributed by atoms with Crippen LogP contribution in [0.2, 0.25) is 0 Å². The predicted molar refractivity (Wildman–Crippen MR) is 97.7 cm³/mol. The van der Waals surface area contributed by atoms with Crippen LogP contribution in [0.3, 0.4) is 0 Å². The van der Waals surface area contributed by atoms with Crippen molar-refractivity contribution in [3.63, 3.8) is 0 Å². The summed E-state index contributed by atoms with van der Waals surface area (Å²) >= 11 is 0. The molecule has 1 heterocycles. The van der Waals surface area contributed by atoms with Crippen LogP contribution in [-0.2, 0) is 0 Å². The number of benzene rings is 2. The predicted octanol–water partition coefficient (Wildman–Crippen LogP) is 2.83. The second-order valence-electron chi connectivity index (χ2n) is 6.07. The molecular weight excluding hydrogens is 316 g/mol. The molecule has 0 fully saturated rings. The van der Waals surface area contributed by atoms with Gasteiger partial charge in [-0.15, -0.1) is 0 Å². The minimum absolute atomic E-state index is 0.0225. The Hall–Kier alpha value is -2.92. The molecule has 0 radical (unpaired) electrons. The van der Waals surface area contributed by atoms with Crippen molar-refractivity contribution in [1.29, 1.82) is 0 Å². The molecule has 0 saturated carbocycles. The normalized spacial score (nSPS) is 12.3. The van der Waals surface area contributed by atoms with Gasteiger partial charge in [-0.3, -0.25) is 9.59 Å². The zero-order chi connectivity index (χ0) is 17.8. The van der Waals surface area contributed by atoms with Gasteiger partial charge >= 0.3 is 0 Å². The maximum Gasteiger partial charge on any atom is 0.287 e. The molecule has 3 aromatic rings. The molecule has 0 spiro atoms. The van der Waals surface area contributed by atoms with Crippen molar-refractivity contribution in [2.24, 2.45) is 0 Å². The van der Waals surface area contributed by atoms with Gasteiger partial charge in [0.2, 0.25) is 0 Å². The summed E-state index contributed by atoms with van der Waals surface area (Å²) in [6.07, 6.45) is 0. The standard InChI is InChI=1S/C20H20N2O3/c1-22(2)16(14-8-4-3-5-9-14)13-21-20(24)19-12-17(23)15-10-6-7-11-18(15)25-19/h3-12,16H,13H2,1-2H3,(H,21,24). The lowest BCUT2D eigenvalue weighted by Crippen LogP contribution is -2.34. The van der Waals surface area contributed by atoms with E-state index >= 15 is 0 Å². The third-order valence-corrected chi connectivity index (χ3v) is 4.12. The Kier molecular flexibility index (Phi) is 4.95. The van der Waals surface area contributed by atoms with Crippen LogP contribution < -0.4 is 10.7 Å². The van der Waals surface area contributed by atoms with E-state index in [1.54, 1.807) is 24.3 Å². The molecule has 3 rings (SSSR count). The summed E-state index contributed by atoms with van der Waals surface area (Å²) < 4.78 is 5.58. The first-order valence-electron chi connectivity index (χ1n) is 8.08. The Bertz CT molecular complexity index is 932. The molecule has 1 unspecified atom stereocenters. The average molecular weight is 336 g/mol. The highest BCUT2D eigenvalue weighted by molar-refractivity contribution is 5.93. The number of amides is 1. The number of rotatable bonds is 5. The van der Waals surface area contributed by atoms with Crippen LogP contribution in [0.4, 0.5) is 0 Å². The molecule has 0 aliphatic heterocycles. The van der Waals surface area contributed by atoms with E-state index in [4.69, 9.17) is 4.42 Å². The summed E-state index contributed by atoms with van der Waals surface area (Å²) in [5, 5.41) is 3.32. The fraction of sp³-hybridized carbons (Fsp3) is 0.200. The van der Waals surface area contributed by atoms with E-state index in [0.29, 0.717) is 17.5 Å². The molecule has 1 N–H and O–H groups in total. The Balaban J connectivity index is 1.79. The van der Waals surface area contributed by atoms with Crippen LogP contribution in [0.1, 0.15) is 22.2 Å². The van der Waals surface area contributed by atoms with Crippen LogP contribution in [0.5, 0.6) is 0 Å². The molecule has 5 heteroatoms. The summed E-state index contributed by atoms with van der Waals surface area (Å²) in [7, 11) is 3.92. The van der Waals surface area contributed by atoms with Crippen LogP contribution in [0.25, 0.3) is 11.0 Å². The molecule has 1 amide bonds. The average Bonchev–Trinajstić information content (AvgIpc) is 2.62. The Morgan fingerprint density at radius 1 is 1.08 bits per heavy atom. The Morgan fingerprint density at radius 3 is 2.48 bits per heavy atom. The van der Waals surface area contributed by atoms with Gasteiger partial charge in [0.05, 0.1) is 11.4 Å². The van der Waals surface area contributed by atoms with E-state index in [0.717, 1.165) is 5.56 Å². The molecule has 25 heavy (non-hydrogen) atoms. The van der Waals surface area contributed by atoms with Crippen LogP contribution in [-0.4, -0.2) is 31.4 Å². The lowest BCUT2D eigenvalue weighted by Gasteiger charge is -2.25. The molecule has 2 aromatic carbocycles. The fourth-order valence-electron chi connectivity index (χ4n) is 2.77. The van der Waals surface area contributed by atoms with Gasteiger partial charge in [0, 0.05) is 12.6 Å². The van der Waals surface area contributed by atoms with Crippen molar-refractivity contribution in [2.75, 3.05) is 20.6 Å². The highest BCUT2D eigenvalue weighted by Gasteiger charge is 2.17. The highest BCUT2D eigenvalue weighted by Crippen LogP contribution is 2.17. The molecule has 5 nitrogen and oxygen atoms in total. The third-order valence-electron chi connectivity index (χ3n) is 4.12. The Labute approximate surface area is 145 Å². The molecule has 1 atom stereocenters. The molecular formula is C20H20N2O3. The number of carbonyl (C=O) groups is 1. The number of likely N-dealkylation sites (N-methyl/N-ethyl adjacent to an activating group) is 1. The quantitative estimate of drug-likeness (QED) is 0.778. The van der Waals surface area contributed by atoms with Gasteiger partial charge in [-0.25, -0.2) is 0 Å². The fourth-order valence-corrected chi connectivity index (χ4v) is 2.77. The van der Waals surface area contributed by atoms with E-state index in [-0.39, 0.29) is 17.2 Å². The van der Waals surface area contributed by atoms with Gasteiger partial charge < -0.3 is 14.6 Å². The van der Waals surface area contributed by atoms with Crippen LogP contribution in [0, 0.1) is 0 Å². The first-order valence-corrected chi connectivity index (χ1v) is 8.08.